The molecule has 0 radical (unpaired) electrons. The first-order valence-corrected chi connectivity index (χ1v) is 10.2. The monoisotopic (exact) mass is 386 g/mol. The molecule has 0 spiro atoms. The maximum Gasteiger partial charge on any atom is 0.262 e. The Morgan fingerprint density at radius 2 is 1.69 bits per heavy atom. The first kappa shape index (κ1) is 19.1. The molecule has 0 fully saturated rings. The van der Waals surface area contributed by atoms with Crippen LogP contribution < -0.4 is 15.0 Å². The van der Waals surface area contributed by atoms with E-state index in [9.17, 15) is 4.79 Å². The quantitative estimate of drug-likeness (QED) is 0.533. The first-order valence-electron chi connectivity index (χ1n) is 10.2. The number of carbonyl (C=O) groups excluding carboxylic acids is 1. The highest BCUT2D eigenvalue weighted by atomic mass is 16.5. The van der Waals surface area contributed by atoms with Gasteiger partial charge in [0.05, 0.1) is 12.2 Å². The number of aryl methyl sites for hydroxylation is 1. The molecule has 148 valence electrons. The maximum absolute atomic E-state index is 13.4. The molecular weight excluding hydrogens is 360 g/mol. The van der Waals surface area contributed by atoms with Crippen LogP contribution in [0.4, 0.5) is 11.4 Å². The van der Waals surface area contributed by atoms with Crippen LogP contribution in [0.5, 0.6) is 5.75 Å². The number of ether oxygens (including phenoxy) is 1. The molecule has 0 bridgehead atoms. The predicted molar refractivity (Wildman–Crippen MR) is 118 cm³/mol. The molecule has 1 aliphatic heterocycles. The largest absolute Gasteiger partial charge is 0.494 e. The van der Waals surface area contributed by atoms with Gasteiger partial charge in [-0.2, -0.15) is 0 Å². The topological polar surface area (TPSA) is 41.6 Å². The minimum atomic E-state index is -0.287. The van der Waals surface area contributed by atoms with E-state index < -0.39 is 0 Å². The lowest BCUT2D eigenvalue weighted by molar-refractivity contribution is 0.0975. The van der Waals surface area contributed by atoms with Crippen molar-refractivity contribution in [2.24, 2.45) is 0 Å². The zero-order chi connectivity index (χ0) is 20.2. The van der Waals surface area contributed by atoms with E-state index in [-0.39, 0.29) is 12.1 Å². The molecule has 1 aliphatic rings. The van der Waals surface area contributed by atoms with Gasteiger partial charge in [0.1, 0.15) is 11.9 Å². The highest BCUT2D eigenvalue weighted by Gasteiger charge is 2.33. The van der Waals surface area contributed by atoms with Gasteiger partial charge >= 0.3 is 0 Å². The number of para-hydroxylation sites is 1. The van der Waals surface area contributed by atoms with Crippen LogP contribution in [0.2, 0.25) is 0 Å². The van der Waals surface area contributed by atoms with Gasteiger partial charge in [-0.15, -0.1) is 0 Å². The lowest BCUT2D eigenvalue weighted by Crippen LogP contribution is -2.43. The second kappa shape index (κ2) is 8.39. The summed E-state index contributed by atoms with van der Waals surface area (Å²) < 4.78 is 5.79. The number of nitrogens with zero attached hydrogens (tertiary/aromatic N) is 1. The number of nitrogens with one attached hydrogen (secondary N) is 1. The van der Waals surface area contributed by atoms with Crippen molar-refractivity contribution in [3.05, 3.63) is 89.5 Å². The van der Waals surface area contributed by atoms with E-state index in [4.69, 9.17) is 4.74 Å². The van der Waals surface area contributed by atoms with Crippen LogP contribution in [-0.2, 0) is 0 Å². The molecule has 0 saturated heterocycles. The number of benzene rings is 3. The molecule has 4 heteroatoms. The second-order valence-electron chi connectivity index (χ2n) is 7.37. The third-order valence-corrected chi connectivity index (χ3v) is 5.20. The molecule has 4 rings (SSSR count). The molecule has 0 aromatic heterocycles. The van der Waals surface area contributed by atoms with Crippen molar-refractivity contribution in [3.63, 3.8) is 0 Å². The number of unbranched alkanes of at least 4 members (excludes halogenated alkanes) is 1. The Kier molecular flexibility index (Phi) is 5.52. The number of hydrogen-bond acceptors (Lipinski definition) is 3. The molecule has 1 heterocycles. The fourth-order valence-electron chi connectivity index (χ4n) is 3.54. The minimum absolute atomic E-state index is 0.00326. The smallest absolute Gasteiger partial charge is 0.262 e. The molecular formula is C25H26N2O2. The zero-order valence-corrected chi connectivity index (χ0v) is 16.9. The highest BCUT2D eigenvalue weighted by molar-refractivity contribution is 6.12. The number of hydrogen-bond donors (Lipinski definition) is 1. The summed E-state index contributed by atoms with van der Waals surface area (Å²) >= 11 is 0. The summed E-state index contributed by atoms with van der Waals surface area (Å²) in [6.45, 7) is 4.92. The number of rotatable bonds is 6. The number of amides is 1. The van der Waals surface area contributed by atoms with Crippen molar-refractivity contribution >= 4 is 17.3 Å². The van der Waals surface area contributed by atoms with Crippen LogP contribution in [0.3, 0.4) is 0 Å². The van der Waals surface area contributed by atoms with Crippen LogP contribution in [0.1, 0.15) is 47.4 Å². The van der Waals surface area contributed by atoms with Gasteiger partial charge in [-0.25, -0.2) is 0 Å². The Bertz CT molecular complexity index is 980. The Labute approximate surface area is 172 Å². The van der Waals surface area contributed by atoms with E-state index in [0.717, 1.165) is 47.7 Å². The molecule has 1 atom stereocenters. The van der Waals surface area contributed by atoms with Gasteiger partial charge < -0.3 is 10.1 Å². The van der Waals surface area contributed by atoms with Gasteiger partial charge in [0.25, 0.3) is 5.91 Å². The molecule has 3 aromatic rings. The summed E-state index contributed by atoms with van der Waals surface area (Å²) in [6, 6.07) is 23.7. The molecule has 29 heavy (non-hydrogen) atoms. The van der Waals surface area contributed by atoms with Gasteiger partial charge in [0.15, 0.2) is 0 Å². The van der Waals surface area contributed by atoms with E-state index in [2.05, 4.69) is 12.2 Å². The second-order valence-corrected chi connectivity index (χ2v) is 7.37. The van der Waals surface area contributed by atoms with Gasteiger partial charge in [0.2, 0.25) is 0 Å². The number of fused-ring (bicyclic) bond motifs is 1. The molecule has 0 aliphatic carbocycles. The van der Waals surface area contributed by atoms with Crippen LogP contribution in [-0.4, -0.2) is 12.5 Å². The standard InChI is InChI=1S/C25H26N2O2/c1-3-4-17-29-21-15-11-19(12-16-21)24-26-23-8-6-5-7-22(23)25(28)27(24)20-13-9-18(2)10-14-20/h5-16,24,26H,3-4,17H2,1-2H3/t24-/m1/s1. The van der Waals surface area contributed by atoms with E-state index in [1.807, 2.05) is 84.6 Å². The number of carbonyl (C=O) groups is 1. The summed E-state index contributed by atoms with van der Waals surface area (Å²) in [5, 5.41) is 3.54. The van der Waals surface area contributed by atoms with E-state index >= 15 is 0 Å². The Morgan fingerprint density at radius 1 is 0.966 bits per heavy atom. The van der Waals surface area contributed by atoms with E-state index in [0.29, 0.717) is 5.56 Å². The Balaban J connectivity index is 1.69. The third kappa shape index (κ3) is 3.97. The van der Waals surface area contributed by atoms with Gasteiger partial charge in [-0.3, -0.25) is 9.69 Å². The normalized spacial score (nSPS) is 15.6. The van der Waals surface area contributed by atoms with Crippen LogP contribution in [0, 0.1) is 6.92 Å². The van der Waals surface area contributed by atoms with Crippen molar-refractivity contribution in [3.8, 4) is 5.75 Å². The summed E-state index contributed by atoms with van der Waals surface area (Å²) in [5.74, 6) is 0.850. The molecule has 3 aromatic carbocycles. The van der Waals surface area contributed by atoms with Gasteiger partial charge in [0, 0.05) is 11.4 Å². The summed E-state index contributed by atoms with van der Waals surface area (Å²) in [4.78, 5) is 15.2. The number of anilines is 2. The zero-order valence-electron chi connectivity index (χ0n) is 16.9. The highest BCUT2D eigenvalue weighted by Crippen LogP contribution is 2.37. The van der Waals surface area contributed by atoms with Crippen LogP contribution >= 0.6 is 0 Å². The maximum atomic E-state index is 13.4. The van der Waals surface area contributed by atoms with Crippen molar-refractivity contribution < 1.29 is 9.53 Å². The fourth-order valence-corrected chi connectivity index (χ4v) is 3.54. The summed E-state index contributed by atoms with van der Waals surface area (Å²) in [5.41, 5.74) is 4.59. The first-order chi connectivity index (χ1) is 14.2. The third-order valence-electron chi connectivity index (χ3n) is 5.20. The summed E-state index contributed by atoms with van der Waals surface area (Å²) in [7, 11) is 0. The minimum Gasteiger partial charge on any atom is -0.494 e. The summed E-state index contributed by atoms with van der Waals surface area (Å²) in [6.07, 6.45) is 1.86. The molecule has 0 saturated carbocycles. The van der Waals surface area contributed by atoms with E-state index in [1.54, 1.807) is 0 Å². The molecule has 1 N–H and O–H groups in total. The van der Waals surface area contributed by atoms with Gasteiger partial charge in [-0.1, -0.05) is 55.3 Å². The predicted octanol–water partition coefficient (Wildman–Crippen LogP) is 5.95. The fraction of sp³-hybridized carbons (Fsp3) is 0.240. The van der Waals surface area contributed by atoms with Crippen LogP contribution in [0.15, 0.2) is 72.8 Å². The SMILES string of the molecule is CCCCOc1ccc([C@@H]2Nc3ccccc3C(=O)N2c2ccc(C)cc2)cc1. The van der Waals surface area contributed by atoms with Crippen LogP contribution in [0.25, 0.3) is 0 Å². The Hall–Kier alpha value is -3.27. The molecule has 0 unspecified atom stereocenters. The Morgan fingerprint density at radius 3 is 2.41 bits per heavy atom. The lowest BCUT2D eigenvalue weighted by atomic mass is 10.0. The molecule has 4 nitrogen and oxygen atoms in total. The average molecular weight is 386 g/mol. The van der Waals surface area contributed by atoms with Crippen molar-refractivity contribution in [1.82, 2.24) is 0 Å². The lowest BCUT2D eigenvalue weighted by Gasteiger charge is -2.38. The van der Waals surface area contributed by atoms with E-state index in [1.165, 1.54) is 0 Å². The molecule has 1 amide bonds. The van der Waals surface area contributed by atoms with Crippen molar-refractivity contribution in [2.75, 3.05) is 16.8 Å². The van der Waals surface area contributed by atoms with Gasteiger partial charge in [-0.05, 0) is 55.3 Å². The van der Waals surface area contributed by atoms with Crippen molar-refractivity contribution in [1.29, 1.82) is 0 Å². The van der Waals surface area contributed by atoms with Crippen molar-refractivity contribution in [2.45, 2.75) is 32.9 Å². The average Bonchev–Trinajstić information content (AvgIpc) is 2.75.